The predicted octanol–water partition coefficient (Wildman–Crippen LogP) is 5.97. The summed E-state index contributed by atoms with van der Waals surface area (Å²) < 4.78 is 23.4. The molecule has 2 aromatic carbocycles. The molecule has 0 saturated carbocycles. The SMILES string of the molecule is CCC1OC(=O)Nc2ccc(OCCCC[S+]([O-])c3ccc(Cl)c(Cl)c3)cc21. The van der Waals surface area contributed by atoms with E-state index in [9.17, 15) is 9.35 Å². The van der Waals surface area contributed by atoms with E-state index in [1.165, 1.54) is 0 Å². The standard InChI is InChI=1S/C20H21Cl2NO4S/c1-2-19-15-11-13(5-8-18(15)23-20(24)27-19)26-9-3-4-10-28(25)14-6-7-16(21)17(22)12-14/h5-8,11-12,19H,2-4,9-10H2,1H3,(H,23,24). The summed E-state index contributed by atoms with van der Waals surface area (Å²) >= 11 is 10.7. The Morgan fingerprint density at radius 1 is 1.18 bits per heavy atom. The number of carbonyl (C=O) groups is 1. The number of hydrogen-bond donors (Lipinski definition) is 1. The Balaban J connectivity index is 1.46. The molecule has 150 valence electrons. The largest absolute Gasteiger partial charge is 0.611 e. The molecule has 8 heteroatoms. The lowest BCUT2D eigenvalue weighted by Crippen LogP contribution is -2.24. The molecule has 3 rings (SSSR count). The summed E-state index contributed by atoms with van der Waals surface area (Å²) in [4.78, 5) is 12.2. The van der Waals surface area contributed by atoms with Crippen LogP contribution in [0.2, 0.25) is 10.0 Å². The molecule has 1 N–H and O–H groups in total. The maximum atomic E-state index is 12.3. The van der Waals surface area contributed by atoms with E-state index in [2.05, 4.69) is 5.32 Å². The highest BCUT2D eigenvalue weighted by Crippen LogP contribution is 2.35. The number of nitrogens with one attached hydrogen (secondary N) is 1. The Kier molecular flexibility index (Phi) is 7.35. The van der Waals surface area contributed by atoms with Gasteiger partial charge >= 0.3 is 6.09 Å². The molecule has 0 spiro atoms. The maximum absolute atomic E-state index is 12.3. The number of hydrogen-bond acceptors (Lipinski definition) is 4. The van der Waals surface area contributed by atoms with Gasteiger partial charge in [-0.05, 0) is 60.8 Å². The fourth-order valence-corrected chi connectivity index (χ4v) is 4.44. The third-order valence-electron chi connectivity index (χ3n) is 4.37. The van der Waals surface area contributed by atoms with Gasteiger partial charge in [-0.25, -0.2) is 4.79 Å². The first-order chi connectivity index (χ1) is 13.5. The number of benzene rings is 2. The van der Waals surface area contributed by atoms with Crippen LogP contribution in [0.25, 0.3) is 0 Å². The van der Waals surface area contributed by atoms with Crippen LogP contribution in [-0.4, -0.2) is 23.0 Å². The molecule has 1 heterocycles. The number of fused-ring (bicyclic) bond motifs is 1. The average Bonchev–Trinajstić information content (AvgIpc) is 2.69. The fourth-order valence-electron chi connectivity index (χ4n) is 2.91. The Morgan fingerprint density at radius 3 is 2.75 bits per heavy atom. The third-order valence-corrected chi connectivity index (χ3v) is 6.55. The van der Waals surface area contributed by atoms with Gasteiger partial charge in [0.2, 0.25) is 0 Å². The van der Waals surface area contributed by atoms with Crippen molar-refractivity contribution >= 4 is 46.2 Å². The molecule has 2 unspecified atom stereocenters. The van der Waals surface area contributed by atoms with Crippen LogP contribution in [0.5, 0.6) is 5.75 Å². The summed E-state index contributed by atoms with van der Waals surface area (Å²) in [6.07, 6.45) is 1.54. The molecule has 0 bridgehead atoms. The van der Waals surface area contributed by atoms with E-state index < -0.39 is 17.3 Å². The average molecular weight is 442 g/mol. The molecule has 5 nitrogen and oxygen atoms in total. The van der Waals surface area contributed by atoms with Gasteiger partial charge in [-0.1, -0.05) is 30.1 Å². The Hall–Kier alpha value is -1.60. The molecule has 1 aliphatic heterocycles. The number of ether oxygens (including phenoxy) is 2. The molecule has 0 saturated heterocycles. The number of cyclic esters (lactones) is 1. The Bertz CT molecular complexity index is 849. The van der Waals surface area contributed by atoms with Crippen molar-refractivity contribution in [2.75, 3.05) is 17.7 Å². The topological polar surface area (TPSA) is 70.6 Å². The molecule has 2 atom stereocenters. The van der Waals surface area contributed by atoms with Gasteiger partial charge in [0.25, 0.3) is 0 Å². The zero-order chi connectivity index (χ0) is 20.1. The minimum Gasteiger partial charge on any atom is -0.611 e. The molecule has 0 aromatic heterocycles. The molecular formula is C20H21Cl2NO4S. The monoisotopic (exact) mass is 441 g/mol. The van der Waals surface area contributed by atoms with Crippen molar-refractivity contribution in [2.45, 2.75) is 37.2 Å². The second kappa shape index (κ2) is 9.74. The maximum Gasteiger partial charge on any atom is 0.412 e. The summed E-state index contributed by atoms with van der Waals surface area (Å²) in [5.41, 5.74) is 1.67. The minimum absolute atomic E-state index is 0.263. The van der Waals surface area contributed by atoms with Gasteiger partial charge in [-0.3, -0.25) is 5.32 Å². The highest BCUT2D eigenvalue weighted by Gasteiger charge is 2.25. The van der Waals surface area contributed by atoms with Gasteiger partial charge in [0.15, 0.2) is 4.90 Å². The number of carbonyl (C=O) groups excluding carboxylic acids is 1. The fraction of sp³-hybridized carbons (Fsp3) is 0.350. The van der Waals surface area contributed by atoms with Crippen molar-refractivity contribution in [3.05, 3.63) is 52.0 Å². The smallest absolute Gasteiger partial charge is 0.412 e. The quantitative estimate of drug-likeness (QED) is 0.404. The van der Waals surface area contributed by atoms with Crippen LogP contribution in [0.15, 0.2) is 41.3 Å². The van der Waals surface area contributed by atoms with Crippen LogP contribution < -0.4 is 10.1 Å². The predicted molar refractivity (Wildman–Crippen MR) is 112 cm³/mol. The van der Waals surface area contributed by atoms with Gasteiger partial charge in [0.1, 0.15) is 17.6 Å². The van der Waals surface area contributed by atoms with Crippen molar-refractivity contribution in [2.24, 2.45) is 0 Å². The van der Waals surface area contributed by atoms with Crippen LogP contribution in [0.1, 0.15) is 37.9 Å². The molecule has 2 aromatic rings. The lowest BCUT2D eigenvalue weighted by atomic mass is 10.0. The molecule has 0 fully saturated rings. The van der Waals surface area contributed by atoms with Crippen molar-refractivity contribution in [3.8, 4) is 5.75 Å². The second-order valence-electron chi connectivity index (χ2n) is 6.36. The Morgan fingerprint density at radius 2 is 2.00 bits per heavy atom. The third kappa shape index (κ3) is 5.26. The van der Waals surface area contributed by atoms with E-state index in [0.717, 1.165) is 29.8 Å². The molecule has 1 aliphatic rings. The summed E-state index contributed by atoms with van der Waals surface area (Å²) in [7, 11) is 0. The van der Waals surface area contributed by atoms with Gasteiger partial charge in [0, 0.05) is 11.6 Å². The molecule has 28 heavy (non-hydrogen) atoms. The van der Waals surface area contributed by atoms with Crippen molar-refractivity contribution in [3.63, 3.8) is 0 Å². The highest BCUT2D eigenvalue weighted by atomic mass is 35.5. The van der Waals surface area contributed by atoms with E-state index in [4.69, 9.17) is 32.7 Å². The number of halogens is 2. The van der Waals surface area contributed by atoms with E-state index in [1.54, 1.807) is 18.2 Å². The zero-order valence-corrected chi connectivity index (χ0v) is 17.7. The summed E-state index contributed by atoms with van der Waals surface area (Å²) in [6.45, 7) is 2.48. The van der Waals surface area contributed by atoms with Crippen LogP contribution in [0.4, 0.5) is 10.5 Å². The van der Waals surface area contributed by atoms with E-state index in [1.807, 2.05) is 25.1 Å². The second-order valence-corrected chi connectivity index (χ2v) is 8.74. The first-order valence-electron chi connectivity index (χ1n) is 9.05. The number of rotatable bonds is 8. The molecule has 0 radical (unpaired) electrons. The molecular weight excluding hydrogens is 421 g/mol. The van der Waals surface area contributed by atoms with Crippen LogP contribution >= 0.6 is 23.2 Å². The van der Waals surface area contributed by atoms with Crippen LogP contribution in [-0.2, 0) is 15.9 Å². The van der Waals surface area contributed by atoms with Crippen molar-refractivity contribution in [1.29, 1.82) is 0 Å². The van der Waals surface area contributed by atoms with Gasteiger partial charge in [-0.15, -0.1) is 0 Å². The van der Waals surface area contributed by atoms with Gasteiger partial charge < -0.3 is 14.0 Å². The van der Waals surface area contributed by atoms with Crippen molar-refractivity contribution < 1.29 is 18.8 Å². The highest BCUT2D eigenvalue weighted by molar-refractivity contribution is 7.91. The van der Waals surface area contributed by atoms with E-state index >= 15 is 0 Å². The summed E-state index contributed by atoms with van der Waals surface area (Å²) in [6, 6.07) is 10.6. The number of unbranched alkanes of at least 4 members (excludes halogenated alkanes) is 1. The minimum atomic E-state index is -1.12. The lowest BCUT2D eigenvalue weighted by Gasteiger charge is -2.25. The van der Waals surface area contributed by atoms with Crippen LogP contribution in [0.3, 0.4) is 0 Å². The zero-order valence-electron chi connectivity index (χ0n) is 15.4. The molecule has 0 aliphatic carbocycles. The first kappa shape index (κ1) is 21.1. The molecule has 1 amide bonds. The lowest BCUT2D eigenvalue weighted by molar-refractivity contribution is 0.104. The van der Waals surface area contributed by atoms with E-state index in [0.29, 0.717) is 33.7 Å². The van der Waals surface area contributed by atoms with Crippen LogP contribution in [0, 0.1) is 0 Å². The Labute approximate surface area is 177 Å². The number of amides is 1. The van der Waals surface area contributed by atoms with Gasteiger partial charge in [0.05, 0.1) is 22.3 Å². The summed E-state index contributed by atoms with van der Waals surface area (Å²) in [5.74, 6) is 1.26. The van der Waals surface area contributed by atoms with Crippen molar-refractivity contribution in [1.82, 2.24) is 0 Å². The normalized spacial score (nSPS) is 16.7. The summed E-state index contributed by atoms with van der Waals surface area (Å²) in [5, 5.41) is 3.56. The van der Waals surface area contributed by atoms with E-state index in [-0.39, 0.29) is 6.10 Å². The number of anilines is 1. The van der Waals surface area contributed by atoms with Gasteiger partial charge in [-0.2, -0.15) is 0 Å². The first-order valence-corrected chi connectivity index (χ1v) is 11.1.